The molecule has 0 unspecified atom stereocenters. The Hall–Kier alpha value is -2.58. The molecule has 0 N–H and O–H groups in total. The number of hydrogen-bond donors (Lipinski definition) is 0. The first-order valence-corrected chi connectivity index (χ1v) is 12.1. The van der Waals surface area contributed by atoms with Crippen molar-refractivity contribution in [2.75, 3.05) is 39.3 Å². The Labute approximate surface area is 198 Å². The second-order valence-electron chi connectivity index (χ2n) is 9.52. The highest BCUT2D eigenvalue weighted by molar-refractivity contribution is 5.78. The van der Waals surface area contributed by atoms with Gasteiger partial charge in [-0.05, 0) is 53.6 Å². The van der Waals surface area contributed by atoms with Crippen LogP contribution in [0.5, 0.6) is 5.75 Å². The van der Waals surface area contributed by atoms with Gasteiger partial charge in [-0.25, -0.2) is 0 Å². The lowest BCUT2D eigenvalue weighted by Gasteiger charge is -2.43. The van der Waals surface area contributed by atoms with Gasteiger partial charge < -0.3 is 9.64 Å². The summed E-state index contributed by atoms with van der Waals surface area (Å²) in [5.74, 6) is -0.0178. The summed E-state index contributed by atoms with van der Waals surface area (Å²) in [4.78, 5) is 19.6. The lowest BCUT2D eigenvalue weighted by Crippen LogP contribution is -2.55. The number of carbonyl (C=O) groups is 1. The first-order chi connectivity index (χ1) is 16.3. The van der Waals surface area contributed by atoms with E-state index in [1.807, 2.05) is 23.1 Å². The number of piperazine rings is 1. The van der Waals surface area contributed by atoms with Crippen LogP contribution in [0.1, 0.15) is 30.4 Å². The van der Waals surface area contributed by atoms with Crippen molar-refractivity contribution in [3.63, 3.8) is 0 Å². The molecule has 1 aliphatic carbocycles. The third kappa shape index (κ3) is 5.39. The summed E-state index contributed by atoms with van der Waals surface area (Å²) in [7, 11) is 0. The van der Waals surface area contributed by atoms with E-state index in [4.69, 9.17) is 0 Å². The van der Waals surface area contributed by atoms with Gasteiger partial charge in [-0.2, -0.15) is 0 Å². The van der Waals surface area contributed by atoms with Gasteiger partial charge in [-0.15, -0.1) is 13.2 Å². The van der Waals surface area contributed by atoms with Crippen molar-refractivity contribution in [1.29, 1.82) is 0 Å². The molecule has 2 aromatic carbocycles. The first kappa shape index (κ1) is 23.2. The summed E-state index contributed by atoms with van der Waals surface area (Å²) in [5, 5.41) is 0. The highest BCUT2D eigenvalue weighted by atomic mass is 19.4. The van der Waals surface area contributed by atoms with Gasteiger partial charge >= 0.3 is 6.36 Å². The van der Waals surface area contributed by atoms with Crippen molar-refractivity contribution in [3.8, 4) is 16.9 Å². The Morgan fingerprint density at radius 1 is 0.941 bits per heavy atom. The fourth-order valence-electron chi connectivity index (χ4n) is 5.18. The van der Waals surface area contributed by atoms with Crippen molar-refractivity contribution in [2.45, 2.75) is 44.6 Å². The minimum absolute atomic E-state index is 0.204. The second-order valence-corrected chi connectivity index (χ2v) is 9.52. The number of halogens is 3. The third-order valence-corrected chi connectivity index (χ3v) is 7.32. The van der Waals surface area contributed by atoms with Gasteiger partial charge in [0.2, 0.25) is 5.91 Å². The molecule has 1 amide bonds. The summed E-state index contributed by atoms with van der Waals surface area (Å²) in [5.41, 5.74) is 3.89. The van der Waals surface area contributed by atoms with Crippen LogP contribution in [0.2, 0.25) is 0 Å². The van der Waals surface area contributed by atoms with Crippen molar-refractivity contribution >= 4 is 5.91 Å². The molecule has 2 aliphatic heterocycles. The number of alkyl halides is 3. The molecule has 0 aromatic heterocycles. The van der Waals surface area contributed by atoms with Crippen LogP contribution in [-0.4, -0.2) is 72.3 Å². The average molecular weight is 474 g/mol. The maximum atomic E-state index is 12.9. The van der Waals surface area contributed by atoms with E-state index in [9.17, 15) is 18.0 Å². The molecule has 34 heavy (non-hydrogen) atoms. The van der Waals surface area contributed by atoms with E-state index in [1.54, 1.807) is 12.1 Å². The Morgan fingerprint density at radius 3 is 2.41 bits per heavy atom. The van der Waals surface area contributed by atoms with Crippen molar-refractivity contribution < 1.29 is 22.7 Å². The number of carbonyl (C=O) groups excluding carboxylic acids is 1. The van der Waals surface area contributed by atoms with Gasteiger partial charge in [-0.3, -0.25) is 14.6 Å². The number of fused-ring (bicyclic) bond motifs is 1. The van der Waals surface area contributed by atoms with E-state index < -0.39 is 6.36 Å². The quantitative estimate of drug-likeness (QED) is 0.649. The average Bonchev–Trinajstić information content (AvgIpc) is 2.77. The van der Waals surface area contributed by atoms with Crippen LogP contribution in [-0.2, 0) is 17.8 Å². The summed E-state index contributed by atoms with van der Waals surface area (Å²) in [6.45, 7) is 5.54. The topological polar surface area (TPSA) is 36.0 Å². The zero-order valence-corrected chi connectivity index (χ0v) is 19.2. The van der Waals surface area contributed by atoms with E-state index in [2.05, 4.69) is 14.5 Å². The van der Waals surface area contributed by atoms with Crippen LogP contribution >= 0.6 is 0 Å². The van der Waals surface area contributed by atoms with E-state index in [0.29, 0.717) is 18.7 Å². The lowest BCUT2D eigenvalue weighted by molar-refractivity contribution is -0.274. The standard InChI is InChI=1S/C26H30F3N3O2/c27-26(28,29)34-24-6-1-3-19(16-24)20-7-8-22-17-30(10-9-21(22)15-20)18-25(33)32-13-11-31(12-14-32)23-4-2-5-23/h1,3,6-8,15-16,23H,2,4-5,9-14,17-18H2. The van der Waals surface area contributed by atoms with Crippen LogP contribution in [0.3, 0.4) is 0 Å². The summed E-state index contributed by atoms with van der Waals surface area (Å²) >= 11 is 0. The number of benzene rings is 2. The molecule has 5 rings (SSSR count). The second kappa shape index (κ2) is 9.58. The highest BCUT2D eigenvalue weighted by Crippen LogP contribution is 2.31. The highest BCUT2D eigenvalue weighted by Gasteiger charge is 2.32. The molecule has 0 bridgehead atoms. The third-order valence-electron chi connectivity index (χ3n) is 7.32. The molecule has 5 nitrogen and oxygen atoms in total. The van der Waals surface area contributed by atoms with Gasteiger partial charge in [0.15, 0.2) is 0 Å². The van der Waals surface area contributed by atoms with Gasteiger partial charge in [0.1, 0.15) is 5.75 Å². The monoisotopic (exact) mass is 473 g/mol. The fourth-order valence-corrected chi connectivity index (χ4v) is 5.18. The predicted molar refractivity (Wildman–Crippen MR) is 123 cm³/mol. The molecule has 1 saturated heterocycles. The predicted octanol–water partition coefficient (Wildman–Crippen LogP) is 4.31. The minimum atomic E-state index is -4.71. The number of hydrogen-bond acceptors (Lipinski definition) is 4. The molecule has 8 heteroatoms. The van der Waals surface area contributed by atoms with Crippen LogP contribution in [0, 0.1) is 0 Å². The molecule has 2 aromatic rings. The largest absolute Gasteiger partial charge is 0.573 e. The Morgan fingerprint density at radius 2 is 1.71 bits per heavy atom. The van der Waals surface area contributed by atoms with Crippen LogP contribution < -0.4 is 4.74 Å². The fraction of sp³-hybridized carbons (Fsp3) is 0.500. The van der Waals surface area contributed by atoms with Gasteiger partial charge in [0.05, 0.1) is 6.54 Å². The van der Waals surface area contributed by atoms with Gasteiger partial charge in [0, 0.05) is 45.3 Å². The summed E-state index contributed by atoms with van der Waals surface area (Å²) < 4.78 is 41.7. The van der Waals surface area contributed by atoms with E-state index in [-0.39, 0.29) is 11.7 Å². The van der Waals surface area contributed by atoms with E-state index in [1.165, 1.54) is 42.5 Å². The van der Waals surface area contributed by atoms with Crippen molar-refractivity contribution in [1.82, 2.24) is 14.7 Å². The lowest BCUT2D eigenvalue weighted by atomic mass is 9.91. The Kier molecular flexibility index (Phi) is 6.53. The number of nitrogens with zero attached hydrogens (tertiary/aromatic N) is 3. The molecule has 0 atom stereocenters. The molecular formula is C26H30F3N3O2. The van der Waals surface area contributed by atoms with Gasteiger partial charge in [0.25, 0.3) is 0 Å². The molecule has 1 saturated carbocycles. The van der Waals surface area contributed by atoms with Crippen molar-refractivity contribution in [3.05, 3.63) is 53.6 Å². The molecule has 0 spiro atoms. The SMILES string of the molecule is O=C(CN1CCc2cc(-c3cccc(OC(F)(F)F)c3)ccc2C1)N1CCN(C2CCC2)CC1. The normalized spacial score (nSPS) is 20.0. The van der Waals surface area contributed by atoms with Crippen LogP contribution in [0.25, 0.3) is 11.1 Å². The molecule has 2 fully saturated rings. The number of rotatable bonds is 5. The Balaban J connectivity index is 1.18. The number of amides is 1. The maximum Gasteiger partial charge on any atom is 0.573 e. The van der Waals surface area contributed by atoms with Crippen LogP contribution in [0.15, 0.2) is 42.5 Å². The zero-order chi connectivity index (χ0) is 23.7. The maximum absolute atomic E-state index is 12.9. The molecule has 3 aliphatic rings. The van der Waals surface area contributed by atoms with Gasteiger partial charge in [-0.1, -0.05) is 36.8 Å². The summed E-state index contributed by atoms with van der Waals surface area (Å²) in [6.07, 6.45) is 0.0377. The molecular weight excluding hydrogens is 443 g/mol. The van der Waals surface area contributed by atoms with Crippen molar-refractivity contribution in [2.24, 2.45) is 0 Å². The smallest absolute Gasteiger partial charge is 0.406 e. The van der Waals surface area contributed by atoms with E-state index in [0.717, 1.165) is 50.7 Å². The first-order valence-electron chi connectivity index (χ1n) is 12.1. The Bertz CT molecular complexity index is 1030. The summed E-state index contributed by atoms with van der Waals surface area (Å²) in [6, 6.07) is 12.8. The molecule has 0 radical (unpaired) electrons. The molecule has 182 valence electrons. The van der Waals surface area contributed by atoms with E-state index >= 15 is 0 Å². The number of ether oxygens (including phenoxy) is 1. The zero-order valence-electron chi connectivity index (χ0n) is 19.2. The minimum Gasteiger partial charge on any atom is -0.406 e. The molecule has 2 heterocycles. The van der Waals surface area contributed by atoms with Crippen LogP contribution in [0.4, 0.5) is 13.2 Å².